The zero-order valence-electron chi connectivity index (χ0n) is 13.0. The van der Waals surface area contributed by atoms with Crippen LogP contribution in [0.1, 0.15) is 15.9 Å². The van der Waals surface area contributed by atoms with Gasteiger partial charge in [0.05, 0.1) is 12.8 Å². The molecule has 0 aliphatic heterocycles. The van der Waals surface area contributed by atoms with Gasteiger partial charge in [-0.3, -0.25) is 14.8 Å². The van der Waals surface area contributed by atoms with E-state index in [-0.39, 0.29) is 5.91 Å². The number of methoxy groups -OCH3 is 1. The molecule has 0 radical (unpaired) electrons. The molecule has 3 rings (SSSR count). The number of hydrogen-bond donors (Lipinski definition) is 1. The lowest BCUT2D eigenvalue weighted by Crippen LogP contribution is -2.12. The Morgan fingerprint density at radius 2 is 2.04 bits per heavy atom. The number of rotatable bonds is 4. The molecule has 0 atom stereocenters. The van der Waals surface area contributed by atoms with Gasteiger partial charge in [0.2, 0.25) is 5.88 Å². The Kier molecular flexibility index (Phi) is 4.12. The summed E-state index contributed by atoms with van der Waals surface area (Å²) >= 11 is 1.38. The topological polar surface area (TPSA) is 69.0 Å². The fourth-order valence-corrected chi connectivity index (χ4v) is 2.84. The molecule has 118 valence electrons. The summed E-state index contributed by atoms with van der Waals surface area (Å²) in [5.41, 5.74) is 3.43. The lowest BCUT2D eigenvalue weighted by molar-refractivity contribution is 0.102. The van der Waals surface area contributed by atoms with Crippen LogP contribution in [-0.2, 0) is 7.05 Å². The maximum Gasteiger partial charge on any atom is 0.264 e. The van der Waals surface area contributed by atoms with Crippen molar-refractivity contribution in [3.63, 3.8) is 0 Å². The van der Waals surface area contributed by atoms with E-state index < -0.39 is 0 Å². The minimum absolute atomic E-state index is 0.292. The molecular weight excluding hydrogens is 312 g/mol. The number of nitrogens with zero attached hydrogens (tertiary/aromatic N) is 3. The highest BCUT2D eigenvalue weighted by molar-refractivity contribution is 7.14. The summed E-state index contributed by atoms with van der Waals surface area (Å²) in [7, 11) is 3.22. The van der Waals surface area contributed by atoms with Gasteiger partial charge >= 0.3 is 0 Å². The maximum absolute atomic E-state index is 12.3. The SMILES string of the molecule is COc1nn(C)cc1C(=O)Nc1nc(-c2ccc(C)cc2)cs1. The van der Waals surface area contributed by atoms with Crippen molar-refractivity contribution in [1.29, 1.82) is 0 Å². The van der Waals surface area contributed by atoms with E-state index in [1.54, 1.807) is 13.2 Å². The fraction of sp³-hybridized carbons (Fsp3) is 0.188. The van der Waals surface area contributed by atoms with Crippen molar-refractivity contribution in [3.8, 4) is 17.1 Å². The molecule has 0 spiro atoms. The van der Waals surface area contributed by atoms with Gasteiger partial charge in [0, 0.05) is 24.2 Å². The van der Waals surface area contributed by atoms with Crippen molar-refractivity contribution in [2.24, 2.45) is 7.05 Å². The third-order valence-electron chi connectivity index (χ3n) is 3.30. The van der Waals surface area contributed by atoms with Gasteiger partial charge in [-0.25, -0.2) is 4.98 Å². The molecule has 1 N–H and O–H groups in total. The van der Waals surface area contributed by atoms with Crippen LogP contribution in [0.25, 0.3) is 11.3 Å². The molecule has 0 aliphatic rings. The summed E-state index contributed by atoms with van der Waals surface area (Å²) in [5.74, 6) is 0.0000651. The highest BCUT2D eigenvalue weighted by Crippen LogP contribution is 2.26. The zero-order chi connectivity index (χ0) is 16.4. The normalized spacial score (nSPS) is 10.6. The van der Waals surface area contributed by atoms with Crippen LogP contribution in [0.4, 0.5) is 5.13 Å². The highest BCUT2D eigenvalue weighted by atomic mass is 32.1. The second-order valence-corrected chi connectivity index (χ2v) is 5.94. The minimum atomic E-state index is -0.292. The second kappa shape index (κ2) is 6.21. The summed E-state index contributed by atoms with van der Waals surface area (Å²) in [6.07, 6.45) is 1.61. The van der Waals surface area contributed by atoms with Gasteiger partial charge in [-0.1, -0.05) is 29.8 Å². The van der Waals surface area contributed by atoms with Crippen LogP contribution in [-0.4, -0.2) is 27.8 Å². The Hall–Kier alpha value is -2.67. The monoisotopic (exact) mass is 328 g/mol. The number of hydrogen-bond acceptors (Lipinski definition) is 5. The van der Waals surface area contributed by atoms with E-state index in [0.717, 1.165) is 11.3 Å². The summed E-state index contributed by atoms with van der Waals surface area (Å²) in [6, 6.07) is 8.10. The standard InChI is InChI=1S/C16H16N4O2S/c1-10-4-6-11(7-5-10)13-9-23-16(17-13)18-14(21)12-8-20(2)19-15(12)22-3/h4-9H,1-3H3,(H,17,18,21). The van der Waals surface area contributed by atoms with E-state index in [0.29, 0.717) is 16.6 Å². The Morgan fingerprint density at radius 3 is 2.74 bits per heavy atom. The molecule has 6 nitrogen and oxygen atoms in total. The first-order chi connectivity index (χ1) is 11.1. The average Bonchev–Trinajstić information content (AvgIpc) is 3.14. The molecule has 0 bridgehead atoms. The molecule has 0 saturated heterocycles. The van der Waals surface area contributed by atoms with E-state index >= 15 is 0 Å². The number of aryl methyl sites for hydroxylation is 2. The predicted octanol–water partition coefficient (Wildman–Crippen LogP) is 3.11. The Balaban J connectivity index is 1.78. The third kappa shape index (κ3) is 3.24. The molecular formula is C16H16N4O2S. The van der Waals surface area contributed by atoms with E-state index in [1.807, 2.05) is 36.6 Å². The van der Waals surface area contributed by atoms with Crippen LogP contribution in [0.3, 0.4) is 0 Å². The number of benzene rings is 1. The van der Waals surface area contributed by atoms with Crippen LogP contribution in [0.5, 0.6) is 5.88 Å². The zero-order valence-corrected chi connectivity index (χ0v) is 13.8. The van der Waals surface area contributed by atoms with Crippen molar-refractivity contribution in [2.75, 3.05) is 12.4 Å². The molecule has 0 aliphatic carbocycles. The van der Waals surface area contributed by atoms with Crippen LogP contribution in [0.2, 0.25) is 0 Å². The van der Waals surface area contributed by atoms with Gasteiger partial charge < -0.3 is 4.74 Å². The maximum atomic E-state index is 12.3. The minimum Gasteiger partial charge on any atom is -0.479 e. The van der Waals surface area contributed by atoms with Gasteiger partial charge in [-0.05, 0) is 6.92 Å². The first kappa shape index (κ1) is 15.2. The van der Waals surface area contributed by atoms with E-state index in [4.69, 9.17) is 4.74 Å². The van der Waals surface area contributed by atoms with Crippen molar-refractivity contribution < 1.29 is 9.53 Å². The van der Waals surface area contributed by atoms with Crippen molar-refractivity contribution >= 4 is 22.4 Å². The number of carbonyl (C=O) groups is 1. The number of aromatic nitrogens is 3. The molecule has 2 heterocycles. The fourth-order valence-electron chi connectivity index (χ4n) is 2.13. The molecule has 0 fully saturated rings. The van der Waals surface area contributed by atoms with Gasteiger partial charge in [-0.2, -0.15) is 0 Å². The quantitative estimate of drug-likeness (QED) is 0.799. The number of nitrogens with one attached hydrogen (secondary N) is 1. The summed E-state index contributed by atoms with van der Waals surface area (Å²) in [6.45, 7) is 2.04. The first-order valence-electron chi connectivity index (χ1n) is 6.98. The Labute approximate surface area is 137 Å². The Morgan fingerprint density at radius 1 is 1.30 bits per heavy atom. The van der Waals surface area contributed by atoms with Crippen LogP contribution in [0, 0.1) is 6.92 Å². The molecule has 2 aromatic heterocycles. The lowest BCUT2D eigenvalue weighted by Gasteiger charge is -2.01. The predicted molar refractivity (Wildman–Crippen MR) is 90.0 cm³/mol. The molecule has 23 heavy (non-hydrogen) atoms. The van der Waals surface area contributed by atoms with Crippen molar-refractivity contribution in [3.05, 3.63) is 47.0 Å². The third-order valence-corrected chi connectivity index (χ3v) is 4.06. The van der Waals surface area contributed by atoms with Gasteiger partial charge in [0.25, 0.3) is 5.91 Å². The largest absolute Gasteiger partial charge is 0.479 e. The first-order valence-corrected chi connectivity index (χ1v) is 7.86. The van der Waals surface area contributed by atoms with Crippen LogP contribution < -0.4 is 10.1 Å². The molecule has 1 aromatic carbocycles. The molecule has 0 saturated carbocycles. The number of ether oxygens (including phenoxy) is 1. The number of amides is 1. The molecule has 1 amide bonds. The van der Waals surface area contributed by atoms with Gasteiger partial charge in [0.15, 0.2) is 5.13 Å². The van der Waals surface area contributed by atoms with E-state index in [9.17, 15) is 4.79 Å². The van der Waals surface area contributed by atoms with Gasteiger partial charge in [0.1, 0.15) is 5.56 Å². The summed E-state index contributed by atoms with van der Waals surface area (Å²) in [5, 5.41) is 9.31. The van der Waals surface area contributed by atoms with Crippen LogP contribution in [0.15, 0.2) is 35.8 Å². The average molecular weight is 328 g/mol. The molecule has 3 aromatic rings. The second-order valence-electron chi connectivity index (χ2n) is 5.08. The van der Waals surface area contributed by atoms with Crippen molar-refractivity contribution in [2.45, 2.75) is 6.92 Å². The van der Waals surface area contributed by atoms with Gasteiger partial charge in [-0.15, -0.1) is 16.4 Å². The summed E-state index contributed by atoms with van der Waals surface area (Å²) in [4.78, 5) is 16.8. The number of thiazole rings is 1. The van der Waals surface area contributed by atoms with E-state index in [1.165, 1.54) is 28.7 Å². The highest BCUT2D eigenvalue weighted by Gasteiger charge is 2.17. The number of carbonyl (C=O) groups excluding carboxylic acids is 1. The summed E-state index contributed by atoms with van der Waals surface area (Å²) < 4.78 is 6.64. The van der Waals surface area contributed by atoms with Crippen LogP contribution >= 0.6 is 11.3 Å². The lowest BCUT2D eigenvalue weighted by atomic mass is 10.1. The molecule has 0 unspecified atom stereocenters. The molecule has 7 heteroatoms. The Bertz CT molecular complexity index is 836. The van der Waals surface area contributed by atoms with E-state index in [2.05, 4.69) is 15.4 Å². The smallest absolute Gasteiger partial charge is 0.264 e. The van der Waals surface area contributed by atoms with Crippen molar-refractivity contribution in [1.82, 2.24) is 14.8 Å². The number of anilines is 1.